The number of hydrogen-bond donors (Lipinski definition) is 3. The van der Waals surface area contributed by atoms with Crippen LogP contribution < -0.4 is 16.8 Å². The molecule has 5 N–H and O–H groups in total. The van der Waals surface area contributed by atoms with Gasteiger partial charge in [0.25, 0.3) is 0 Å². The first-order chi connectivity index (χ1) is 16.9. The van der Waals surface area contributed by atoms with Gasteiger partial charge in [-0.1, -0.05) is 27.2 Å². The first-order valence-electron chi connectivity index (χ1n) is 12.8. The van der Waals surface area contributed by atoms with Gasteiger partial charge in [-0.15, -0.1) is 0 Å². The summed E-state index contributed by atoms with van der Waals surface area (Å²) >= 11 is 0. The van der Waals surface area contributed by atoms with E-state index in [1.807, 2.05) is 13.8 Å². The fraction of sp³-hybridized carbons (Fsp3) is 0.840. The third kappa shape index (κ3) is 8.70. The first kappa shape index (κ1) is 31.8. The standard InChI is InChI=1S/C25H47N5O6/c1-8-15(2)23(29(5)21(32)12-16(3)26)19(35-6)13-22(33)30-11-9-10-18(30)24(36-7)17(4)25(34)28-14-20(27)31/h15-19,23-24H,8-14,26H2,1-7H3,(H2,27,31)(H,28,34)/t15-,16-,17+,18-,19+,23-,24+/m0/s1. The number of amides is 4. The van der Waals surface area contributed by atoms with E-state index in [0.717, 1.165) is 12.8 Å². The number of carbonyl (C=O) groups excluding carboxylic acids is 4. The highest BCUT2D eigenvalue weighted by molar-refractivity contribution is 5.85. The van der Waals surface area contributed by atoms with Crippen molar-refractivity contribution in [3.8, 4) is 0 Å². The topological polar surface area (TPSA) is 157 Å². The van der Waals surface area contributed by atoms with Crippen LogP contribution in [0.3, 0.4) is 0 Å². The molecule has 36 heavy (non-hydrogen) atoms. The van der Waals surface area contributed by atoms with Crippen molar-refractivity contribution in [2.75, 3.05) is 34.4 Å². The number of rotatable bonds is 15. The molecule has 0 unspecified atom stereocenters. The van der Waals surface area contributed by atoms with E-state index in [-0.39, 0.29) is 61.2 Å². The number of nitrogens with two attached hydrogens (primary N) is 2. The van der Waals surface area contributed by atoms with Crippen LogP contribution in [0.4, 0.5) is 0 Å². The highest BCUT2D eigenvalue weighted by atomic mass is 16.5. The van der Waals surface area contributed by atoms with Gasteiger partial charge in [-0.05, 0) is 25.7 Å². The smallest absolute Gasteiger partial charge is 0.236 e. The molecular weight excluding hydrogens is 466 g/mol. The number of methoxy groups -OCH3 is 2. The monoisotopic (exact) mass is 513 g/mol. The average Bonchev–Trinajstić information content (AvgIpc) is 3.31. The summed E-state index contributed by atoms with van der Waals surface area (Å²) in [5, 5.41) is 2.51. The molecule has 0 radical (unpaired) electrons. The molecule has 1 aliphatic heterocycles. The second-order valence-corrected chi connectivity index (χ2v) is 10.0. The van der Waals surface area contributed by atoms with Crippen molar-refractivity contribution in [2.45, 2.75) is 90.1 Å². The van der Waals surface area contributed by atoms with E-state index < -0.39 is 24.0 Å². The molecule has 0 aliphatic carbocycles. The van der Waals surface area contributed by atoms with Gasteiger partial charge in [0.15, 0.2) is 0 Å². The van der Waals surface area contributed by atoms with Gasteiger partial charge in [-0.25, -0.2) is 0 Å². The largest absolute Gasteiger partial charge is 0.379 e. The molecule has 7 atom stereocenters. The van der Waals surface area contributed by atoms with E-state index in [0.29, 0.717) is 13.0 Å². The molecule has 1 heterocycles. The van der Waals surface area contributed by atoms with E-state index in [2.05, 4.69) is 5.32 Å². The van der Waals surface area contributed by atoms with Crippen molar-refractivity contribution >= 4 is 23.6 Å². The van der Waals surface area contributed by atoms with Crippen molar-refractivity contribution in [1.82, 2.24) is 15.1 Å². The molecule has 1 aliphatic rings. The van der Waals surface area contributed by atoms with Crippen LogP contribution in [-0.2, 0) is 28.7 Å². The molecule has 1 rings (SSSR count). The number of primary amides is 1. The summed E-state index contributed by atoms with van der Waals surface area (Å²) in [7, 11) is 4.81. The molecule has 4 amide bonds. The van der Waals surface area contributed by atoms with E-state index >= 15 is 0 Å². The zero-order chi connectivity index (χ0) is 27.6. The van der Waals surface area contributed by atoms with Crippen LogP contribution in [0.2, 0.25) is 0 Å². The third-order valence-electron chi connectivity index (χ3n) is 7.24. The lowest BCUT2D eigenvalue weighted by Gasteiger charge is -2.39. The number of likely N-dealkylation sites (tertiary alicyclic amines) is 1. The number of hydrogen-bond acceptors (Lipinski definition) is 7. The van der Waals surface area contributed by atoms with Crippen LogP contribution in [0.25, 0.3) is 0 Å². The summed E-state index contributed by atoms with van der Waals surface area (Å²) in [6.45, 7) is 7.87. The molecule has 0 saturated carbocycles. The predicted octanol–water partition coefficient (Wildman–Crippen LogP) is 0.246. The van der Waals surface area contributed by atoms with Crippen LogP contribution in [0.15, 0.2) is 0 Å². The van der Waals surface area contributed by atoms with Gasteiger partial charge in [-0.2, -0.15) is 0 Å². The van der Waals surface area contributed by atoms with Gasteiger partial charge in [0, 0.05) is 40.3 Å². The van der Waals surface area contributed by atoms with Crippen molar-refractivity contribution < 1.29 is 28.7 Å². The minimum absolute atomic E-state index is 0.0842. The lowest BCUT2D eigenvalue weighted by molar-refractivity contribution is -0.146. The Kier molecular flexibility index (Phi) is 13.3. The van der Waals surface area contributed by atoms with E-state index in [1.54, 1.807) is 37.8 Å². The Morgan fingerprint density at radius 3 is 2.25 bits per heavy atom. The molecule has 1 fully saturated rings. The molecule has 0 aromatic carbocycles. The summed E-state index contributed by atoms with van der Waals surface area (Å²) in [4.78, 5) is 53.4. The second-order valence-electron chi connectivity index (χ2n) is 10.0. The Balaban J connectivity index is 3.05. The van der Waals surface area contributed by atoms with Gasteiger partial charge >= 0.3 is 0 Å². The molecule has 0 aromatic heterocycles. The van der Waals surface area contributed by atoms with Gasteiger partial charge in [0.05, 0.1) is 43.2 Å². The zero-order valence-corrected chi connectivity index (χ0v) is 23.0. The second kappa shape index (κ2) is 15.1. The Labute approximate surface area is 215 Å². The maximum atomic E-state index is 13.5. The molecular formula is C25H47N5O6. The van der Waals surface area contributed by atoms with Crippen molar-refractivity contribution in [1.29, 1.82) is 0 Å². The Morgan fingerprint density at radius 2 is 1.75 bits per heavy atom. The average molecular weight is 514 g/mol. The third-order valence-corrected chi connectivity index (χ3v) is 7.24. The Bertz CT molecular complexity index is 748. The normalized spacial score (nSPS) is 20.7. The number of likely N-dealkylation sites (N-methyl/N-ethyl adjacent to an activating group) is 1. The summed E-state index contributed by atoms with van der Waals surface area (Å²) < 4.78 is 11.5. The van der Waals surface area contributed by atoms with E-state index in [9.17, 15) is 19.2 Å². The highest BCUT2D eigenvalue weighted by Gasteiger charge is 2.41. The minimum atomic E-state index is -0.631. The minimum Gasteiger partial charge on any atom is -0.379 e. The van der Waals surface area contributed by atoms with Crippen LogP contribution in [0, 0.1) is 11.8 Å². The SMILES string of the molecule is CC[C@H](C)[C@@H]([C@@H](CC(=O)N1CCC[C@H]1[C@H](OC)[C@@H](C)C(=O)NCC(N)=O)OC)N(C)C(=O)C[C@H](C)N. The van der Waals surface area contributed by atoms with Crippen molar-refractivity contribution in [3.63, 3.8) is 0 Å². The molecule has 11 heteroatoms. The molecule has 0 spiro atoms. The van der Waals surface area contributed by atoms with E-state index in [4.69, 9.17) is 20.9 Å². The summed E-state index contributed by atoms with van der Waals surface area (Å²) in [5.74, 6) is -1.69. The van der Waals surface area contributed by atoms with Gasteiger partial charge < -0.3 is 36.1 Å². The number of carbonyl (C=O) groups is 4. The predicted molar refractivity (Wildman–Crippen MR) is 137 cm³/mol. The van der Waals surface area contributed by atoms with Crippen molar-refractivity contribution in [2.24, 2.45) is 23.3 Å². The fourth-order valence-electron chi connectivity index (χ4n) is 5.08. The van der Waals surface area contributed by atoms with Gasteiger partial charge in [-0.3, -0.25) is 19.2 Å². The Hall–Kier alpha value is -2.24. The van der Waals surface area contributed by atoms with Gasteiger partial charge in [0.2, 0.25) is 23.6 Å². The maximum Gasteiger partial charge on any atom is 0.236 e. The van der Waals surface area contributed by atoms with Gasteiger partial charge in [0.1, 0.15) is 0 Å². The molecule has 11 nitrogen and oxygen atoms in total. The lowest BCUT2D eigenvalue weighted by atomic mass is 9.90. The molecule has 1 saturated heterocycles. The van der Waals surface area contributed by atoms with Crippen LogP contribution >= 0.6 is 0 Å². The number of nitrogens with zero attached hydrogens (tertiary/aromatic N) is 2. The van der Waals surface area contributed by atoms with Crippen molar-refractivity contribution in [3.05, 3.63) is 0 Å². The summed E-state index contributed by atoms with van der Waals surface area (Å²) in [6.07, 6.45) is 1.54. The quantitative estimate of drug-likeness (QED) is 0.283. The fourth-order valence-corrected chi connectivity index (χ4v) is 5.08. The molecule has 0 bridgehead atoms. The highest BCUT2D eigenvalue weighted by Crippen LogP contribution is 2.29. The number of nitrogens with one attached hydrogen (secondary N) is 1. The molecule has 208 valence electrons. The first-order valence-corrected chi connectivity index (χ1v) is 12.8. The van der Waals surface area contributed by atoms with Crippen LogP contribution in [0.1, 0.15) is 59.8 Å². The Morgan fingerprint density at radius 1 is 1.11 bits per heavy atom. The van der Waals surface area contributed by atoms with Crippen LogP contribution in [0.5, 0.6) is 0 Å². The lowest BCUT2D eigenvalue weighted by Crippen LogP contribution is -2.53. The van der Waals surface area contributed by atoms with E-state index in [1.165, 1.54) is 7.11 Å². The molecule has 0 aromatic rings. The zero-order valence-electron chi connectivity index (χ0n) is 23.0. The summed E-state index contributed by atoms with van der Waals surface area (Å²) in [6, 6.07) is -0.861. The van der Waals surface area contributed by atoms with Crippen LogP contribution in [-0.4, -0.2) is 98.1 Å². The maximum absolute atomic E-state index is 13.5. The summed E-state index contributed by atoms with van der Waals surface area (Å²) in [5.41, 5.74) is 11.0. The number of ether oxygens (including phenoxy) is 2.